The number of aliphatic imine (C=N–C) groups is 1. The third kappa shape index (κ3) is 1.54. The molecule has 0 bridgehead atoms. The number of rotatable bonds is 1. The smallest absolute Gasteiger partial charge is 0.211 e. The Bertz CT molecular complexity index is 238. The summed E-state index contributed by atoms with van der Waals surface area (Å²) in [6.45, 7) is 0. The van der Waals surface area contributed by atoms with E-state index >= 15 is 0 Å². The number of nitrogens with zero attached hydrogens (tertiary/aromatic N) is 1. The summed E-state index contributed by atoms with van der Waals surface area (Å²) in [5, 5.41) is 0. The Kier molecular flexibility index (Phi) is 1.81. The van der Waals surface area contributed by atoms with Crippen molar-refractivity contribution in [3.05, 3.63) is 29.7 Å². The molecule has 0 aromatic carbocycles. The lowest BCUT2D eigenvalue weighted by Gasteiger charge is -1.89. The van der Waals surface area contributed by atoms with Crippen LogP contribution in [-0.2, 0) is 4.79 Å². The van der Waals surface area contributed by atoms with Gasteiger partial charge in [0.2, 0.25) is 6.08 Å². The first-order valence-electron chi connectivity index (χ1n) is 2.62. The highest BCUT2D eigenvalue weighted by Gasteiger charge is 1.87. The van der Waals surface area contributed by atoms with E-state index in [0.29, 0.717) is 5.70 Å². The van der Waals surface area contributed by atoms with Gasteiger partial charge in [-0.2, -0.15) is 4.99 Å². The Balaban J connectivity index is 2.83. The van der Waals surface area contributed by atoms with Gasteiger partial charge in [0.1, 0.15) is 0 Å². The van der Waals surface area contributed by atoms with Crippen LogP contribution in [-0.4, -0.2) is 6.08 Å². The van der Waals surface area contributed by atoms with Gasteiger partial charge in [-0.3, -0.25) is 0 Å². The monoisotopic (exact) mass is 119 g/mol. The Labute approximate surface area is 52.9 Å². The third-order valence-corrected chi connectivity index (χ3v) is 0.969. The lowest BCUT2D eigenvalue weighted by molar-refractivity contribution is 0.565. The Morgan fingerprint density at radius 1 is 1.78 bits per heavy atom. The van der Waals surface area contributed by atoms with Gasteiger partial charge in [0.05, 0.1) is 5.70 Å². The van der Waals surface area contributed by atoms with Gasteiger partial charge in [0, 0.05) is 6.08 Å². The standard InChI is InChI=1S/C7H5NO/c9-6-8-7-4-2-1-3-5-7/h1,4-5H,2H2. The van der Waals surface area contributed by atoms with Gasteiger partial charge in [-0.05, 0) is 12.5 Å². The first kappa shape index (κ1) is 5.77. The molecule has 1 aliphatic rings. The molecule has 1 rings (SSSR count). The molecule has 0 fully saturated rings. The van der Waals surface area contributed by atoms with Crippen LogP contribution >= 0.6 is 0 Å². The molecule has 1 aliphatic carbocycles. The summed E-state index contributed by atoms with van der Waals surface area (Å²) in [6, 6.07) is 0. The van der Waals surface area contributed by atoms with Crippen LogP contribution in [0.2, 0.25) is 0 Å². The average Bonchev–Trinajstić information content (AvgIpc) is 1.91. The molecule has 0 aromatic heterocycles. The summed E-state index contributed by atoms with van der Waals surface area (Å²) in [4.78, 5) is 13.1. The molecule has 0 saturated carbocycles. The number of isocyanates is 1. The van der Waals surface area contributed by atoms with Crippen LogP contribution in [0, 0.1) is 0 Å². The Morgan fingerprint density at radius 2 is 2.67 bits per heavy atom. The van der Waals surface area contributed by atoms with Crippen molar-refractivity contribution in [1.29, 1.82) is 0 Å². The second kappa shape index (κ2) is 2.83. The molecule has 0 radical (unpaired) electrons. The van der Waals surface area contributed by atoms with Gasteiger partial charge in [-0.1, -0.05) is 6.08 Å². The molecule has 0 spiro atoms. The third-order valence-electron chi connectivity index (χ3n) is 0.969. The van der Waals surface area contributed by atoms with Crippen molar-refractivity contribution in [2.45, 2.75) is 6.42 Å². The number of allylic oxidation sites excluding steroid dienone is 2. The molecule has 0 atom stereocenters. The molecule has 2 nitrogen and oxygen atoms in total. The van der Waals surface area contributed by atoms with Crippen LogP contribution in [0.25, 0.3) is 0 Å². The van der Waals surface area contributed by atoms with E-state index in [1.165, 1.54) is 6.08 Å². The highest BCUT2D eigenvalue weighted by molar-refractivity contribution is 5.40. The summed E-state index contributed by atoms with van der Waals surface area (Å²) in [6.07, 6.45) is 7.61. The molecule has 0 N–H and O–H groups in total. The van der Waals surface area contributed by atoms with E-state index in [2.05, 4.69) is 10.7 Å². The van der Waals surface area contributed by atoms with Crippen LogP contribution in [0.15, 0.2) is 34.6 Å². The minimum atomic E-state index is 0.646. The van der Waals surface area contributed by atoms with Gasteiger partial charge in [0.25, 0.3) is 0 Å². The van der Waals surface area contributed by atoms with Gasteiger partial charge in [-0.15, -0.1) is 5.73 Å². The van der Waals surface area contributed by atoms with E-state index in [4.69, 9.17) is 0 Å². The highest BCUT2D eigenvalue weighted by Crippen LogP contribution is 2.03. The van der Waals surface area contributed by atoms with E-state index in [1.54, 1.807) is 6.08 Å². The minimum Gasteiger partial charge on any atom is -0.211 e. The average molecular weight is 119 g/mol. The second-order valence-electron chi connectivity index (χ2n) is 1.58. The highest BCUT2D eigenvalue weighted by atomic mass is 16.1. The Morgan fingerprint density at radius 3 is 3.22 bits per heavy atom. The number of hydrogen-bond acceptors (Lipinski definition) is 2. The topological polar surface area (TPSA) is 29.4 Å². The first-order valence-corrected chi connectivity index (χ1v) is 2.62. The predicted octanol–water partition coefficient (Wildman–Crippen LogP) is 1.32. The summed E-state index contributed by atoms with van der Waals surface area (Å²) < 4.78 is 0. The summed E-state index contributed by atoms with van der Waals surface area (Å²) in [5.41, 5.74) is 3.47. The normalized spacial score (nSPS) is 14.4. The fraction of sp³-hybridized carbons (Fsp3) is 0.143. The van der Waals surface area contributed by atoms with Crippen molar-refractivity contribution in [1.82, 2.24) is 0 Å². The first-order chi connectivity index (χ1) is 4.43. The van der Waals surface area contributed by atoms with Crippen molar-refractivity contribution in [2.75, 3.05) is 0 Å². The van der Waals surface area contributed by atoms with Crippen molar-refractivity contribution in [3.8, 4) is 0 Å². The van der Waals surface area contributed by atoms with Gasteiger partial charge in [0.15, 0.2) is 0 Å². The molecule has 0 heterocycles. The summed E-state index contributed by atoms with van der Waals surface area (Å²) in [7, 11) is 0. The molecular formula is C7H5NO. The Hall–Kier alpha value is -1.36. The zero-order valence-electron chi connectivity index (χ0n) is 4.79. The predicted molar refractivity (Wildman–Crippen MR) is 33.5 cm³/mol. The maximum atomic E-state index is 9.68. The second-order valence-corrected chi connectivity index (χ2v) is 1.58. The van der Waals surface area contributed by atoms with E-state index in [-0.39, 0.29) is 0 Å². The van der Waals surface area contributed by atoms with Crippen molar-refractivity contribution in [2.24, 2.45) is 4.99 Å². The minimum absolute atomic E-state index is 0.646. The van der Waals surface area contributed by atoms with E-state index in [1.807, 2.05) is 12.2 Å². The van der Waals surface area contributed by atoms with Crippen LogP contribution in [0.5, 0.6) is 0 Å². The van der Waals surface area contributed by atoms with Crippen LogP contribution in [0.4, 0.5) is 0 Å². The molecule has 0 amide bonds. The summed E-state index contributed by atoms with van der Waals surface area (Å²) >= 11 is 0. The molecule has 0 saturated heterocycles. The van der Waals surface area contributed by atoms with Gasteiger partial charge in [-0.25, -0.2) is 4.79 Å². The number of hydrogen-bond donors (Lipinski definition) is 0. The molecule has 0 unspecified atom stereocenters. The fourth-order valence-electron chi connectivity index (χ4n) is 0.582. The van der Waals surface area contributed by atoms with Crippen molar-refractivity contribution >= 4 is 6.08 Å². The summed E-state index contributed by atoms with van der Waals surface area (Å²) in [5.74, 6) is 0. The molecule has 2 heteroatoms. The molecule has 9 heavy (non-hydrogen) atoms. The maximum absolute atomic E-state index is 9.68. The fourth-order valence-corrected chi connectivity index (χ4v) is 0.582. The largest absolute Gasteiger partial charge is 0.240 e. The van der Waals surface area contributed by atoms with Crippen molar-refractivity contribution in [3.63, 3.8) is 0 Å². The molecular weight excluding hydrogens is 114 g/mol. The van der Waals surface area contributed by atoms with E-state index in [9.17, 15) is 4.79 Å². The molecule has 44 valence electrons. The SMILES string of the molecule is O=C=NC1=CCC=C=C1. The van der Waals surface area contributed by atoms with Gasteiger partial charge >= 0.3 is 0 Å². The zero-order chi connectivity index (χ0) is 6.53. The molecule has 0 aromatic rings. The number of carbonyl (C=O) groups excluding carboxylic acids is 1. The van der Waals surface area contributed by atoms with Crippen LogP contribution in [0.1, 0.15) is 6.42 Å². The lowest BCUT2D eigenvalue weighted by atomic mass is 10.2. The van der Waals surface area contributed by atoms with Crippen molar-refractivity contribution < 1.29 is 4.79 Å². The van der Waals surface area contributed by atoms with E-state index in [0.717, 1.165) is 6.42 Å². The maximum Gasteiger partial charge on any atom is 0.240 e. The molecule has 0 aliphatic heterocycles. The van der Waals surface area contributed by atoms with E-state index < -0.39 is 0 Å². The van der Waals surface area contributed by atoms with Crippen LogP contribution in [0.3, 0.4) is 0 Å². The zero-order valence-corrected chi connectivity index (χ0v) is 4.79. The lowest BCUT2D eigenvalue weighted by Crippen LogP contribution is -1.73. The quantitative estimate of drug-likeness (QED) is 0.291. The van der Waals surface area contributed by atoms with Gasteiger partial charge < -0.3 is 0 Å². The van der Waals surface area contributed by atoms with Crippen LogP contribution < -0.4 is 0 Å².